The Kier molecular flexibility index (Phi) is 2.60. The highest BCUT2D eigenvalue weighted by Gasteiger charge is 2.15. The van der Waals surface area contributed by atoms with E-state index < -0.39 is 6.23 Å². The van der Waals surface area contributed by atoms with E-state index in [4.69, 9.17) is 0 Å². The van der Waals surface area contributed by atoms with Crippen LogP contribution in [0.3, 0.4) is 0 Å². The van der Waals surface area contributed by atoms with Crippen molar-refractivity contribution in [2.45, 2.75) is 26.1 Å². The molecule has 76 valence electrons. The highest BCUT2D eigenvalue weighted by atomic mass is 16.3. The number of aromatic nitrogens is 2. The summed E-state index contributed by atoms with van der Waals surface area (Å²) in [6, 6.07) is 0. The van der Waals surface area contributed by atoms with E-state index in [0.29, 0.717) is 0 Å². The maximum Gasteiger partial charge on any atom is 0.134 e. The Hall–Kier alpha value is -1.20. The van der Waals surface area contributed by atoms with Crippen molar-refractivity contribution >= 4 is 5.82 Å². The number of nitrogens with one attached hydrogen (secondary N) is 2. The zero-order valence-corrected chi connectivity index (χ0v) is 8.12. The lowest BCUT2D eigenvalue weighted by Crippen LogP contribution is -2.27. The number of fused-ring (bicyclic) bond motifs is 1. The highest BCUT2D eigenvalue weighted by molar-refractivity contribution is 5.47. The maximum atomic E-state index is 9.22. The first kappa shape index (κ1) is 9.36. The molecule has 1 aliphatic heterocycles. The van der Waals surface area contributed by atoms with Crippen molar-refractivity contribution in [3.63, 3.8) is 0 Å². The van der Waals surface area contributed by atoms with Gasteiger partial charge in [0, 0.05) is 12.1 Å². The fraction of sp³-hybridized carbons (Fsp3) is 0.556. The Bertz CT molecular complexity index is 327. The van der Waals surface area contributed by atoms with Crippen LogP contribution in [-0.2, 0) is 13.0 Å². The van der Waals surface area contributed by atoms with Crippen molar-refractivity contribution < 1.29 is 5.11 Å². The average molecular weight is 194 g/mol. The summed E-state index contributed by atoms with van der Waals surface area (Å²) in [6.45, 7) is 3.40. The first-order chi connectivity index (χ1) is 6.77. The third-order valence-corrected chi connectivity index (χ3v) is 2.22. The molecule has 1 unspecified atom stereocenters. The molecule has 1 atom stereocenters. The molecule has 0 fully saturated rings. The van der Waals surface area contributed by atoms with Gasteiger partial charge < -0.3 is 15.7 Å². The van der Waals surface area contributed by atoms with E-state index in [-0.39, 0.29) is 0 Å². The molecule has 0 saturated heterocycles. The normalized spacial score (nSPS) is 17.3. The second-order valence-corrected chi connectivity index (χ2v) is 3.39. The van der Waals surface area contributed by atoms with Crippen molar-refractivity contribution in [1.82, 2.24) is 15.3 Å². The number of hydrogen-bond acceptors (Lipinski definition) is 5. The Labute approximate surface area is 82.6 Å². The van der Waals surface area contributed by atoms with Crippen molar-refractivity contribution in [2.75, 3.05) is 11.9 Å². The van der Waals surface area contributed by atoms with Gasteiger partial charge in [0.1, 0.15) is 18.4 Å². The Morgan fingerprint density at radius 2 is 2.43 bits per heavy atom. The number of anilines is 1. The molecule has 0 spiro atoms. The van der Waals surface area contributed by atoms with E-state index in [1.54, 1.807) is 6.92 Å². The molecular formula is C9H14N4O. The number of aliphatic hydroxyl groups is 1. The van der Waals surface area contributed by atoms with E-state index in [0.717, 1.165) is 36.6 Å². The Morgan fingerprint density at radius 3 is 3.21 bits per heavy atom. The lowest BCUT2D eigenvalue weighted by Gasteiger charge is -2.19. The standard InChI is InChI=1S/C9H14N4O/c1-6(14)13-9-7-2-3-10-4-8(7)11-5-12-9/h5-6,10,14H,2-4H2,1H3,(H,11,12,13). The van der Waals surface area contributed by atoms with Crippen LogP contribution in [0.15, 0.2) is 6.33 Å². The van der Waals surface area contributed by atoms with Crippen molar-refractivity contribution in [3.8, 4) is 0 Å². The summed E-state index contributed by atoms with van der Waals surface area (Å²) in [4.78, 5) is 8.31. The van der Waals surface area contributed by atoms with E-state index in [2.05, 4.69) is 20.6 Å². The molecule has 0 aromatic carbocycles. The second kappa shape index (κ2) is 3.89. The van der Waals surface area contributed by atoms with Crippen LogP contribution in [0.5, 0.6) is 0 Å². The van der Waals surface area contributed by atoms with Gasteiger partial charge >= 0.3 is 0 Å². The van der Waals surface area contributed by atoms with Gasteiger partial charge in [0.05, 0.1) is 5.69 Å². The molecule has 2 rings (SSSR count). The van der Waals surface area contributed by atoms with Crippen LogP contribution in [0.1, 0.15) is 18.2 Å². The van der Waals surface area contributed by atoms with Gasteiger partial charge in [0.15, 0.2) is 0 Å². The Balaban J connectivity index is 2.30. The van der Waals surface area contributed by atoms with Crippen molar-refractivity contribution in [2.24, 2.45) is 0 Å². The lowest BCUT2D eigenvalue weighted by atomic mass is 10.1. The first-order valence-electron chi connectivity index (χ1n) is 4.75. The van der Waals surface area contributed by atoms with Gasteiger partial charge in [-0.3, -0.25) is 0 Å². The van der Waals surface area contributed by atoms with E-state index in [1.165, 1.54) is 6.33 Å². The van der Waals surface area contributed by atoms with Gasteiger partial charge in [0.25, 0.3) is 0 Å². The number of hydrogen-bond donors (Lipinski definition) is 3. The molecule has 1 aromatic rings. The fourth-order valence-electron chi connectivity index (χ4n) is 1.61. The summed E-state index contributed by atoms with van der Waals surface area (Å²) < 4.78 is 0. The molecule has 2 heterocycles. The minimum atomic E-state index is -0.580. The molecule has 0 radical (unpaired) electrons. The minimum Gasteiger partial charge on any atom is -0.374 e. The summed E-state index contributed by atoms with van der Waals surface area (Å²) >= 11 is 0. The van der Waals surface area contributed by atoms with Gasteiger partial charge in [-0.25, -0.2) is 9.97 Å². The lowest BCUT2D eigenvalue weighted by molar-refractivity contribution is 0.223. The monoisotopic (exact) mass is 194 g/mol. The highest BCUT2D eigenvalue weighted by Crippen LogP contribution is 2.18. The summed E-state index contributed by atoms with van der Waals surface area (Å²) in [6.07, 6.45) is 1.85. The van der Waals surface area contributed by atoms with Gasteiger partial charge in [-0.15, -0.1) is 0 Å². The minimum absolute atomic E-state index is 0.580. The molecule has 0 saturated carbocycles. The predicted molar refractivity (Wildman–Crippen MR) is 52.7 cm³/mol. The van der Waals surface area contributed by atoms with Crippen LogP contribution >= 0.6 is 0 Å². The van der Waals surface area contributed by atoms with Crippen LogP contribution in [0.2, 0.25) is 0 Å². The largest absolute Gasteiger partial charge is 0.374 e. The SMILES string of the molecule is CC(O)Nc1ncnc2c1CCNC2. The summed E-state index contributed by atoms with van der Waals surface area (Å²) in [5.41, 5.74) is 2.14. The zero-order chi connectivity index (χ0) is 9.97. The van der Waals surface area contributed by atoms with E-state index >= 15 is 0 Å². The first-order valence-corrected chi connectivity index (χ1v) is 4.75. The molecule has 14 heavy (non-hydrogen) atoms. The van der Waals surface area contributed by atoms with Gasteiger partial charge in [-0.1, -0.05) is 0 Å². The van der Waals surface area contributed by atoms with Crippen LogP contribution < -0.4 is 10.6 Å². The smallest absolute Gasteiger partial charge is 0.134 e. The number of aliphatic hydroxyl groups excluding tert-OH is 1. The van der Waals surface area contributed by atoms with E-state index in [1.807, 2.05) is 0 Å². The summed E-state index contributed by atoms with van der Waals surface area (Å²) in [5, 5.41) is 15.4. The molecule has 1 aliphatic rings. The Morgan fingerprint density at radius 1 is 1.57 bits per heavy atom. The third kappa shape index (κ3) is 1.83. The van der Waals surface area contributed by atoms with Crippen LogP contribution in [0.25, 0.3) is 0 Å². The molecule has 5 heteroatoms. The third-order valence-electron chi connectivity index (χ3n) is 2.22. The molecule has 0 aliphatic carbocycles. The molecular weight excluding hydrogens is 180 g/mol. The van der Waals surface area contributed by atoms with E-state index in [9.17, 15) is 5.11 Å². The zero-order valence-electron chi connectivity index (χ0n) is 8.12. The maximum absolute atomic E-state index is 9.22. The quantitative estimate of drug-likeness (QED) is 0.572. The van der Waals surface area contributed by atoms with Crippen molar-refractivity contribution in [3.05, 3.63) is 17.6 Å². The average Bonchev–Trinajstić information content (AvgIpc) is 2.18. The molecule has 5 nitrogen and oxygen atoms in total. The molecule has 1 aromatic heterocycles. The number of nitrogens with zero attached hydrogens (tertiary/aromatic N) is 2. The van der Waals surface area contributed by atoms with Gasteiger partial charge in [-0.05, 0) is 19.9 Å². The topological polar surface area (TPSA) is 70.1 Å². The molecule has 0 bridgehead atoms. The van der Waals surface area contributed by atoms with Crippen molar-refractivity contribution in [1.29, 1.82) is 0 Å². The van der Waals surface area contributed by atoms with Crippen LogP contribution in [0, 0.1) is 0 Å². The fourth-order valence-corrected chi connectivity index (χ4v) is 1.61. The van der Waals surface area contributed by atoms with Gasteiger partial charge in [0.2, 0.25) is 0 Å². The summed E-state index contributed by atoms with van der Waals surface area (Å²) in [7, 11) is 0. The molecule has 0 amide bonds. The van der Waals surface area contributed by atoms with Gasteiger partial charge in [-0.2, -0.15) is 0 Å². The number of rotatable bonds is 2. The molecule has 3 N–H and O–H groups in total. The summed E-state index contributed by atoms with van der Waals surface area (Å²) in [5.74, 6) is 0.756. The second-order valence-electron chi connectivity index (χ2n) is 3.39. The van der Waals surface area contributed by atoms with Crippen LogP contribution in [0.4, 0.5) is 5.82 Å². The predicted octanol–water partition coefficient (Wildman–Crippen LogP) is -0.128. The van der Waals surface area contributed by atoms with Crippen LogP contribution in [-0.4, -0.2) is 27.8 Å².